The van der Waals surface area contributed by atoms with E-state index < -0.39 is 11.1 Å². The van der Waals surface area contributed by atoms with Crippen LogP contribution in [0.4, 0.5) is 0 Å². The largest absolute Gasteiger partial charge is 0.297 e. The van der Waals surface area contributed by atoms with Gasteiger partial charge in [-0.1, -0.05) is 0 Å². The van der Waals surface area contributed by atoms with Crippen LogP contribution < -0.4 is 11.1 Å². The molecule has 0 aliphatic heterocycles. The summed E-state index contributed by atoms with van der Waals surface area (Å²) in [6.07, 6.45) is 0. The standard InChI is InChI=1S/C8H2N4O2/c13-7-3-1-5-4(8(14)12-9-5)2-6(3)10-11-7/h1-2H. The van der Waals surface area contributed by atoms with Gasteiger partial charge in [-0.15, -0.1) is 20.4 Å². The van der Waals surface area contributed by atoms with Crippen molar-refractivity contribution in [1.82, 2.24) is 20.4 Å². The zero-order valence-corrected chi connectivity index (χ0v) is 6.76. The van der Waals surface area contributed by atoms with Crippen LogP contribution in [0.5, 0.6) is 0 Å². The second kappa shape index (κ2) is 2.16. The lowest BCUT2D eigenvalue weighted by molar-refractivity contribution is 1.08. The Kier molecular flexibility index (Phi) is 1.11. The summed E-state index contributed by atoms with van der Waals surface area (Å²) in [6.45, 7) is 0. The lowest BCUT2D eigenvalue weighted by Crippen LogP contribution is -1.98. The topological polar surface area (TPSA) is 85.7 Å². The number of hydrogen-bond donors (Lipinski definition) is 0. The van der Waals surface area contributed by atoms with Crippen molar-refractivity contribution in [2.24, 2.45) is 0 Å². The summed E-state index contributed by atoms with van der Waals surface area (Å²) >= 11 is 0. The second-order valence-electron chi connectivity index (χ2n) is 2.90. The van der Waals surface area contributed by atoms with Crippen molar-refractivity contribution >= 4 is 21.8 Å². The summed E-state index contributed by atoms with van der Waals surface area (Å²) < 4.78 is 0. The van der Waals surface area contributed by atoms with Crippen molar-refractivity contribution in [3.63, 3.8) is 0 Å². The van der Waals surface area contributed by atoms with Gasteiger partial charge in [-0.2, -0.15) is 0 Å². The number of aromatic nitrogens is 4. The molecule has 0 fully saturated rings. The molecule has 0 atom stereocenters. The van der Waals surface area contributed by atoms with Gasteiger partial charge in [-0.3, -0.25) is 9.59 Å². The fraction of sp³-hybridized carbons (Fsp3) is 0. The van der Waals surface area contributed by atoms with E-state index in [-0.39, 0.29) is 0 Å². The summed E-state index contributed by atoms with van der Waals surface area (Å²) in [5, 5.41) is 14.8. The van der Waals surface area contributed by atoms with Crippen LogP contribution in [0.15, 0.2) is 21.7 Å². The Labute approximate surface area is 75.9 Å². The van der Waals surface area contributed by atoms with Gasteiger partial charge in [0.2, 0.25) is 0 Å². The fourth-order valence-electron chi connectivity index (χ4n) is 1.39. The van der Waals surface area contributed by atoms with Crippen molar-refractivity contribution < 1.29 is 0 Å². The number of rotatable bonds is 0. The monoisotopic (exact) mass is 186 g/mol. The fourth-order valence-corrected chi connectivity index (χ4v) is 1.39. The molecular formula is C8H2N4O2. The summed E-state index contributed by atoms with van der Waals surface area (Å²) in [5.74, 6) is 0. The average Bonchev–Trinajstić information content (AvgIpc) is 2.71. The van der Waals surface area contributed by atoms with E-state index in [1.54, 1.807) is 0 Å². The first-order chi connectivity index (χ1) is 6.75. The second-order valence-corrected chi connectivity index (χ2v) is 2.90. The molecule has 0 aliphatic carbocycles. The highest BCUT2D eigenvalue weighted by molar-refractivity contribution is 5.93. The van der Waals surface area contributed by atoms with E-state index in [2.05, 4.69) is 20.4 Å². The number of hydrogen-bond acceptors (Lipinski definition) is 6. The van der Waals surface area contributed by atoms with E-state index in [1.807, 2.05) is 0 Å². The third kappa shape index (κ3) is 0.743. The van der Waals surface area contributed by atoms with Gasteiger partial charge in [0, 0.05) is 0 Å². The summed E-state index contributed by atoms with van der Waals surface area (Å²) in [4.78, 5) is 22.3. The van der Waals surface area contributed by atoms with Gasteiger partial charge < -0.3 is 0 Å². The van der Waals surface area contributed by atoms with Crippen molar-refractivity contribution in [2.75, 3.05) is 0 Å². The third-order valence-electron chi connectivity index (χ3n) is 2.07. The SMILES string of the molecule is O=c1nnc2cc3c(=O)nnc3cc12. The predicted molar refractivity (Wildman–Crippen MR) is 47.5 cm³/mol. The van der Waals surface area contributed by atoms with Gasteiger partial charge >= 0.3 is 0 Å². The van der Waals surface area contributed by atoms with E-state index >= 15 is 0 Å². The molecule has 6 nitrogen and oxygen atoms in total. The van der Waals surface area contributed by atoms with E-state index in [1.165, 1.54) is 12.1 Å². The first kappa shape index (κ1) is 7.19. The highest BCUT2D eigenvalue weighted by Crippen LogP contribution is 2.13. The van der Waals surface area contributed by atoms with Gasteiger partial charge in [0.25, 0.3) is 11.1 Å². The maximum absolute atomic E-state index is 11.1. The van der Waals surface area contributed by atoms with Gasteiger partial charge in [-0.25, -0.2) is 0 Å². The van der Waals surface area contributed by atoms with Crippen LogP contribution in [0, 0.1) is 0 Å². The zero-order chi connectivity index (χ0) is 9.71. The molecular weight excluding hydrogens is 184 g/mol. The van der Waals surface area contributed by atoms with Crippen molar-refractivity contribution in [2.45, 2.75) is 0 Å². The lowest BCUT2D eigenvalue weighted by atomic mass is 10.2. The first-order valence-corrected chi connectivity index (χ1v) is 3.86. The molecule has 2 aromatic heterocycles. The number of fused-ring (bicyclic) bond motifs is 2. The quantitative estimate of drug-likeness (QED) is 0.455. The van der Waals surface area contributed by atoms with Gasteiger partial charge in [0.05, 0.1) is 21.8 Å². The van der Waals surface area contributed by atoms with Crippen LogP contribution in [0.2, 0.25) is 0 Å². The molecule has 1 aromatic carbocycles. The minimum atomic E-state index is -0.405. The van der Waals surface area contributed by atoms with Crippen molar-refractivity contribution in [3.8, 4) is 0 Å². The summed E-state index contributed by atoms with van der Waals surface area (Å²) in [5.41, 5.74) is 0.0125. The Morgan fingerprint density at radius 2 is 1.14 bits per heavy atom. The molecule has 0 bridgehead atoms. The minimum absolute atomic E-state index is 0.373. The van der Waals surface area contributed by atoms with E-state index in [4.69, 9.17) is 0 Å². The van der Waals surface area contributed by atoms with Crippen LogP contribution in [0.3, 0.4) is 0 Å². The van der Waals surface area contributed by atoms with Gasteiger partial charge in [-0.05, 0) is 12.1 Å². The Hall–Kier alpha value is -2.24. The first-order valence-electron chi connectivity index (χ1n) is 3.86. The molecule has 66 valence electrons. The highest BCUT2D eigenvalue weighted by Gasteiger charge is 2.09. The average molecular weight is 186 g/mol. The van der Waals surface area contributed by atoms with Crippen LogP contribution in [-0.2, 0) is 0 Å². The van der Waals surface area contributed by atoms with Gasteiger partial charge in [0.15, 0.2) is 0 Å². The molecule has 3 rings (SSSR count). The van der Waals surface area contributed by atoms with E-state index in [0.29, 0.717) is 21.8 Å². The Balaban J connectivity index is 2.69. The molecule has 0 aliphatic rings. The minimum Gasteiger partial charge on any atom is -0.265 e. The van der Waals surface area contributed by atoms with Crippen LogP contribution >= 0.6 is 0 Å². The smallest absolute Gasteiger partial charge is 0.265 e. The predicted octanol–water partition coefficient (Wildman–Crippen LogP) is -0.831. The highest BCUT2D eigenvalue weighted by atomic mass is 16.1. The maximum Gasteiger partial charge on any atom is 0.297 e. The summed E-state index contributed by atoms with van der Waals surface area (Å²) in [7, 11) is 0. The Morgan fingerprint density at radius 3 is 1.57 bits per heavy atom. The molecule has 0 saturated carbocycles. The van der Waals surface area contributed by atoms with Gasteiger partial charge in [0.1, 0.15) is 0 Å². The van der Waals surface area contributed by atoms with Crippen LogP contribution in [-0.4, -0.2) is 20.4 Å². The molecule has 0 saturated heterocycles. The zero-order valence-electron chi connectivity index (χ0n) is 6.76. The Bertz CT molecular complexity index is 663. The van der Waals surface area contributed by atoms with Crippen molar-refractivity contribution in [3.05, 3.63) is 32.8 Å². The molecule has 3 aromatic rings. The lowest BCUT2D eigenvalue weighted by Gasteiger charge is -1.84. The van der Waals surface area contributed by atoms with Crippen LogP contribution in [0.25, 0.3) is 21.8 Å². The summed E-state index contributed by atoms with van der Waals surface area (Å²) in [6, 6.07) is 2.97. The molecule has 0 unspecified atom stereocenters. The molecule has 0 amide bonds. The molecule has 14 heavy (non-hydrogen) atoms. The molecule has 0 N–H and O–H groups in total. The number of benzene rings is 1. The van der Waals surface area contributed by atoms with Crippen molar-refractivity contribution in [1.29, 1.82) is 0 Å². The Morgan fingerprint density at radius 1 is 0.714 bits per heavy atom. The molecule has 0 spiro atoms. The molecule has 2 heterocycles. The maximum atomic E-state index is 11.1. The van der Waals surface area contributed by atoms with Crippen LogP contribution in [0.1, 0.15) is 0 Å². The van der Waals surface area contributed by atoms with E-state index in [0.717, 1.165) is 0 Å². The third-order valence-corrected chi connectivity index (χ3v) is 2.07. The number of nitrogens with zero attached hydrogens (tertiary/aromatic N) is 4. The normalized spacial score (nSPS) is 11.4. The van der Waals surface area contributed by atoms with E-state index in [9.17, 15) is 9.59 Å². The molecule has 6 heteroatoms. The molecule has 0 radical (unpaired) electrons.